The van der Waals surface area contributed by atoms with Crippen molar-refractivity contribution in [1.82, 2.24) is 9.99 Å². The van der Waals surface area contributed by atoms with Gasteiger partial charge in [-0.15, -0.1) is 0 Å². The molecule has 1 amide bonds. The molecule has 1 N–H and O–H groups in total. The second kappa shape index (κ2) is 8.32. The molecule has 152 valence electrons. The van der Waals surface area contributed by atoms with Crippen molar-refractivity contribution in [2.24, 2.45) is 5.10 Å². The monoisotopic (exact) mass is 583 g/mol. The number of aromatic nitrogens is 1. The fourth-order valence-corrected chi connectivity index (χ4v) is 5.12. The highest BCUT2D eigenvalue weighted by molar-refractivity contribution is 14.1. The number of nitrogens with one attached hydrogen (secondary N) is 1. The van der Waals surface area contributed by atoms with Crippen molar-refractivity contribution in [3.05, 3.63) is 98.5 Å². The second-order valence-corrected chi connectivity index (χ2v) is 9.03. The topological polar surface area (TPSA) is 59.5 Å². The molecular weight excluding hydrogens is 569 g/mol. The van der Waals surface area contributed by atoms with Crippen LogP contribution in [0.15, 0.2) is 93.0 Å². The number of halogens is 2. The molecule has 2 aromatic heterocycles. The van der Waals surface area contributed by atoms with Gasteiger partial charge in [-0.2, -0.15) is 5.10 Å². The van der Waals surface area contributed by atoms with Crippen molar-refractivity contribution >= 4 is 72.4 Å². The molecule has 5 rings (SSSR count). The van der Waals surface area contributed by atoms with Crippen LogP contribution in [0.4, 0.5) is 0 Å². The van der Waals surface area contributed by atoms with E-state index in [0.29, 0.717) is 5.58 Å². The summed E-state index contributed by atoms with van der Waals surface area (Å²) in [5.41, 5.74) is 5.10. The molecule has 7 heteroatoms. The van der Waals surface area contributed by atoms with Gasteiger partial charge in [-0.05, 0) is 75.8 Å². The summed E-state index contributed by atoms with van der Waals surface area (Å²) < 4.78 is 9.60. The Hall–Kier alpha value is -2.91. The lowest BCUT2D eigenvalue weighted by Crippen LogP contribution is -2.17. The van der Waals surface area contributed by atoms with E-state index in [0.717, 1.165) is 30.2 Å². The van der Waals surface area contributed by atoms with Gasteiger partial charge in [0.1, 0.15) is 5.58 Å². The SMILES string of the molecule is O=C(N/N=C/c1cccn1-c1ccc2ccccc2c1)c1cc2cc(Br)cc(I)c2o1. The van der Waals surface area contributed by atoms with E-state index in [-0.39, 0.29) is 5.76 Å². The first-order chi connectivity index (χ1) is 15.1. The molecule has 3 aromatic carbocycles. The van der Waals surface area contributed by atoms with Crippen molar-refractivity contribution in [2.45, 2.75) is 0 Å². The Kier molecular flexibility index (Phi) is 5.37. The number of hydrogen-bond donors (Lipinski definition) is 1. The predicted molar refractivity (Wildman–Crippen MR) is 135 cm³/mol. The summed E-state index contributed by atoms with van der Waals surface area (Å²) >= 11 is 5.64. The molecule has 0 bridgehead atoms. The number of nitrogens with zero attached hydrogens (tertiary/aromatic N) is 2. The maximum Gasteiger partial charge on any atom is 0.307 e. The van der Waals surface area contributed by atoms with E-state index >= 15 is 0 Å². The van der Waals surface area contributed by atoms with Gasteiger partial charge in [-0.1, -0.05) is 46.3 Å². The summed E-state index contributed by atoms with van der Waals surface area (Å²) in [5, 5.41) is 7.34. The predicted octanol–water partition coefficient (Wildman–Crippen LogP) is 6.51. The van der Waals surface area contributed by atoms with E-state index in [1.807, 2.05) is 47.2 Å². The van der Waals surface area contributed by atoms with Crippen LogP contribution in [0.25, 0.3) is 27.4 Å². The number of amides is 1. The smallest absolute Gasteiger partial charge is 0.307 e. The molecule has 5 aromatic rings. The first-order valence-corrected chi connectivity index (χ1v) is 11.3. The minimum Gasteiger partial charge on any atom is -0.450 e. The average molecular weight is 584 g/mol. The van der Waals surface area contributed by atoms with Crippen molar-refractivity contribution in [3.8, 4) is 5.69 Å². The van der Waals surface area contributed by atoms with Crippen LogP contribution in [-0.4, -0.2) is 16.7 Å². The number of carbonyl (C=O) groups is 1. The minimum absolute atomic E-state index is 0.216. The molecule has 0 atom stereocenters. The van der Waals surface area contributed by atoms with E-state index in [2.05, 4.69) is 79.4 Å². The average Bonchev–Trinajstić information content (AvgIpc) is 3.40. The molecule has 0 spiro atoms. The number of fused-ring (bicyclic) bond motifs is 2. The van der Waals surface area contributed by atoms with E-state index in [4.69, 9.17) is 4.42 Å². The summed E-state index contributed by atoms with van der Waals surface area (Å²) in [7, 11) is 0. The van der Waals surface area contributed by atoms with Gasteiger partial charge in [0.25, 0.3) is 0 Å². The quantitative estimate of drug-likeness (QED) is 0.149. The molecule has 0 saturated carbocycles. The Labute approximate surface area is 200 Å². The zero-order valence-electron chi connectivity index (χ0n) is 16.0. The zero-order valence-corrected chi connectivity index (χ0v) is 19.8. The Balaban J connectivity index is 1.36. The number of benzene rings is 3. The first-order valence-electron chi connectivity index (χ1n) is 9.47. The number of rotatable bonds is 4. The highest BCUT2D eigenvalue weighted by atomic mass is 127. The van der Waals surface area contributed by atoms with E-state index in [9.17, 15) is 4.79 Å². The molecule has 0 unspecified atom stereocenters. The molecule has 0 aliphatic heterocycles. The fraction of sp³-hybridized carbons (Fsp3) is 0. The Morgan fingerprint density at radius 1 is 1.00 bits per heavy atom. The van der Waals surface area contributed by atoms with Crippen LogP contribution >= 0.6 is 38.5 Å². The molecule has 0 fully saturated rings. The van der Waals surface area contributed by atoms with E-state index in [1.54, 1.807) is 12.3 Å². The van der Waals surface area contributed by atoms with Crippen LogP contribution < -0.4 is 5.43 Å². The molecule has 0 aliphatic carbocycles. The maximum absolute atomic E-state index is 12.5. The lowest BCUT2D eigenvalue weighted by molar-refractivity contribution is 0.0929. The molecule has 5 nitrogen and oxygen atoms in total. The number of hydrazone groups is 1. The van der Waals surface area contributed by atoms with Gasteiger partial charge >= 0.3 is 5.91 Å². The summed E-state index contributed by atoms with van der Waals surface area (Å²) in [6, 6.07) is 23.9. The highest BCUT2D eigenvalue weighted by Crippen LogP contribution is 2.28. The lowest BCUT2D eigenvalue weighted by atomic mass is 10.1. The Morgan fingerprint density at radius 3 is 2.71 bits per heavy atom. The summed E-state index contributed by atoms with van der Waals surface area (Å²) in [6.07, 6.45) is 3.59. The normalized spacial score (nSPS) is 11.5. The number of hydrogen-bond acceptors (Lipinski definition) is 3. The van der Waals surface area contributed by atoms with Crippen LogP contribution in [0.5, 0.6) is 0 Å². The van der Waals surface area contributed by atoms with Gasteiger partial charge in [0, 0.05) is 21.7 Å². The minimum atomic E-state index is -0.400. The summed E-state index contributed by atoms with van der Waals surface area (Å²) in [5.74, 6) is -0.184. The molecular formula is C24H15BrIN3O2. The van der Waals surface area contributed by atoms with Gasteiger partial charge < -0.3 is 8.98 Å². The third-order valence-electron chi connectivity index (χ3n) is 4.91. The van der Waals surface area contributed by atoms with Gasteiger partial charge in [0.2, 0.25) is 0 Å². The Bertz CT molecular complexity index is 1470. The van der Waals surface area contributed by atoms with Crippen LogP contribution in [0.2, 0.25) is 0 Å². The standard InChI is InChI=1S/C24H15BrIN3O2/c25-18-10-17-12-22(31-23(17)21(26)13-18)24(30)28-27-14-20-6-3-9-29(20)19-8-7-15-4-1-2-5-16(15)11-19/h1-14H,(H,28,30)/b27-14+. The molecule has 0 saturated heterocycles. The van der Waals surface area contributed by atoms with E-state index < -0.39 is 5.91 Å². The largest absolute Gasteiger partial charge is 0.450 e. The van der Waals surface area contributed by atoms with E-state index in [1.165, 1.54) is 5.39 Å². The van der Waals surface area contributed by atoms with Gasteiger partial charge in [0.15, 0.2) is 5.76 Å². The van der Waals surface area contributed by atoms with Crippen molar-refractivity contribution in [1.29, 1.82) is 0 Å². The van der Waals surface area contributed by atoms with Crippen molar-refractivity contribution in [3.63, 3.8) is 0 Å². The van der Waals surface area contributed by atoms with Gasteiger partial charge in [-0.25, -0.2) is 5.43 Å². The van der Waals surface area contributed by atoms with Crippen LogP contribution in [-0.2, 0) is 0 Å². The molecule has 0 aliphatic rings. The lowest BCUT2D eigenvalue weighted by Gasteiger charge is -2.08. The Morgan fingerprint density at radius 2 is 1.84 bits per heavy atom. The summed E-state index contributed by atoms with van der Waals surface area (Å²) in [6.45, 7) is 0. The zero-order chi connectivity index (χ0) is 21.4. The fourth-order valence-electron chi connectivity index (χ4n) is 3.46. The molecule has 2 heterocycles. The number of carbonyl (C=O) groups excluding carboxylic acids is 1. The van der Waals surface area contributed by atoms with Crippen molar-refractivity contribution in [2.75, 3.05) is 0 Å². The third kappa shape index (κ3) is 4.03. The molecule has 31 heavy (non-hydrogen) atoms. The van der Waals surface area contributed by atoms with Gasteiger partial charge in [0.05, 0.1) is 15.5 Å². The highest BCUT2D eigenvalue weighted by Gasteiger charge is 2.14. The van der Waals surface area contributed by atoms with Crippen LogP contribution in [0, 0.1) is 3.57 Å². The maximum atomic E-state index is 12.5. The third-order valence-corrected chi connectivity index (χ3v) is 6.17. The van der Waals surface area contributed by atoms with Crippen LogP contribution in [0.3, 0.4) is 0 Å². The summed E-state index contributed by atoms with van der Waals surface area (Å²) in [4.78, 5) is 12.5. The van der Waals surface area contributed by atoms with Crippen LogP contribution in [0.1, 0.15) is 16.2 Å². The van der Waals surface area contributed by atoms with Gasteiger partial charge in [-0.3, -0.25) is 4.79 Å². The second-order valence-electron chi connectivity index (χ2n) is 6.95. The molecule has 0 radical (unpaired) electrons. The number of furan rings is 1. The van der Waals surface area contributed by atoms with Crippen molar-refractivity contribution < 1.29 is 9.21 Å². The first kappa shape index (κ1) is 20.0.